The maximum Gasteiger partial charge on any atom is 0.222 e. The van der Waals surface area contributed by atoms with Crippen LogP contribution < -0.4 is 4.74 Å². The van der Waals surface area contributed by atoms with Gasteiger partial charge in [0.2, 0.25) is 5.28 Å². The highest BCUT2D eigenvalue weighted by Gasteiger charge is 2.05. The van der Waals surface area contributed by atoms with E-state index in [9.17, 15) is 0 Å². The number of para-hydroxylation sites is 1. The lowest BCUT2D eigenvalue weighted by Crippen LogP contribution is -1.94. The molecule has 6 heteroatoms. The van der Waals surface area contributed by atoms with Crippen LogP contribution in [0.4, 0.5) is 0 Å². The van der Waals surface area contributed by atoms with Crippen LogP contribution in [-0.4, -0.2) is 15.0 Å². The van der Waals surface area contributed by atoms with Crippen molar-refractivity contribution in [3.63, 3.8) is 0 Å². The van der Waals surface area contributed by atoms with E-state index in [4.69, 9.17) is 16.3 Å². The Hall–Kier alpha value is -2.50. The molecule has 0 saturated heterocycles. The molecule has 118 valence electrons. The lowest BCUT2D eigenvalue weighted by atomic mass is 10.1. The van der Waals surface area contributed by atoms with Crippen molar-refractivity contribution in [2.45, 2.75) is 6.61 Å². The monoisotopic (exact) mass is 353 g/mol. The van der Waals surface area contributed by atoms with Crippen molar-refractivity contribution in [3.8, 4) is 17.0 Å². The van der Waals surface area contributed by atoms with Gasteiger partial charge in [0.25, 0.3) is 0 Å². The first-order valence-corrected chi connectivity index (χ1v) is 8.54. The molecule has 0 spiro atoms. The minimum Gasteiger partial charge on any atom is -0.486 e. The van der Waals surface area contributed by atoms with E-state index in [2.05, 4.69) is 21.0 Å². The van der Waals surface area contributed by atoms with E-state index in [1.54, 1.807) is 17.5 Å². The summed E-state index contributed by atoms with van der Waals surface area (Å²) in [6.45, 7) is 0.456. The van der Waals surface area contributed by atoms with Gasteiger partial charge in [-0.25, -0.2) is 15.0 Å². The second-order valence-corrected chi connectivity index (χ2v) is 6.55. The highest BCUT2D eigenvalue weighted by molar-refractivity contribution is 7.18. The molecule has 0 saturated carbocycles. The van der Waals surface area contributed by atoms with Crippen LogP contribution >= 0.6 is 22.9 Å². The van der Waals surface area contributed by atoms with Crippen LogP contribution in [0.25, 0.3) is 21.5 Å². The van der Waals surface area contributed by atoms with E-state index < -0.39 is 0 Å². The Kier molecular flexibility index (Phi) is 4.11. The Bertz CT molecular complexity index is 952. The summed E-state index contributed by atoms with van der Waals surface area (Å²) in [5.74, 6) is 0.790. The second kappa shape index (κ2) is 6.55. The Morgan fingerprint density at radius 2 is 1.79 bits per heavy atom. The average Bonchev–Trinajstić information content (AvgIpc) is 3.03. The maximum absolute atomic E-state index is 5.83. The molecule has 0 aliphatic rings. The molecule has 4 nitrogen and oxygen atoms in total. The molecular formula is C18H12ClN3OS. The standard InChI is InChI=1S/C18H12ClN3OS/c19-18-20-10-9-14(22-18)12-5-7-13(8-6-12)23-11-17-21-15-3-1-2-4-16(15)24-17/h1-10H,11H2. The van der Waals surface area contributed by atoms with Gasteiger partial charge in [-0.3, -0.25) is 0 Å². The van der Waals surface area contributed by atoms with Crippen LogP contribution in [0, 0.1) is 0 Å². The number of ether oxygens (including phenoxy) is 1. The highest BCUT2D eigenvalue weighted by atomic mass is 35.5. The number of aromatic nitrogens is 3. The van der Waals surface area contributed by atoms with Crippen LogP contribution in [0.1, 0.15) is 5.01 Å². The lowest BCUT2D eigenvalue weighted by molar-refractivity contribution is 0.306. The number of rotatable bonds is 4. The Balaban J connectivity index is 1.47. The van der Waals surface area contributed by atoms with Crippen molar-refractivity contribution < 1.29 is 4.74 Å². The normalized spacial score (nSPS) is 10.9. The summed E-state index contributed by atoms with van der Waals surface area (Å²) in [4.78, 5) is 12.6. The minimum atomic E-state index is 0.240. The van der Waals surface area contributed by atoms with E-state index in [1.807, 2.05) is 48.5 Å². The lowest BCUT2D eigenvalue weighted by Gasteiger charge is -2.05. The SMILES string of the molecule is Clc1nccc(-c2ccc(OCc3nc4ccccc4s3)cc2)n1. The van der Waals surface area contributed by atoms with Crippen molar-refractivity contribution in [1.29, 1.82) is 0 Å². The third kappa shape index (κ3) is 3.22. The van der Waals surface area contributed by atoms with E-state index >= 15 is 0 Å². The zero-order chi connectivity index (χ0) is 16.4. The summed E-state index contributed by atoms with van der Waals surface area (Å²) in [5, 5.41) is 1.20. The predicted octanol–water partition coefficient (Wildman–Crippen LogP) is 4.99. The number of fused-ring (bicyclic) bond motifs is 1. The van der Waals surface area contributed by atoms with Crippen LogP contribution in [0.5, 0.6) is 5.75 Å². The zero-order valence-electron chi connectivity index (χ0n) is 12.5. The van der Waals surface area contributed by atoms with Crippen molar-refractivity contribution >= 4 is 33.2 Å². The summed E-state index contributed by atoms with van der Waals surface area (Å²) in [6.07, 6.45) is 1.64. The van der Waals surface area contributed by atoms with Gasteiger partial charge in [-0.2, -0.15) is 0 Å². The third-order valence-corrected chi connectivity index (χ3v) is 4.67. The fourth-order valence-corrected chi connectivity index (χ4v) is 3.37. The third-order valence-electron chi connectivity index (χ3n) is 3.48. The summed E-state index contributed by atoms with van der Waals surface area (Å²) in [6, 6.07) is 17.6. The van der Waals surface area contributed by atoms with E-state index in [0.29, 0.717) is 6.61 Å². The first kappa shape index (κ1) is 15.1. The Morgan fingerprint density at radius 1 is 0.958 bits per heavy atom. The largest absolute Gasteiger partial charge is 0.486 e. The van der Waals surface area contributed by atoms with E-state index in [1.165, 1.54) is 4.70 Å². The van der Waals surface area contributed by atoms with Crippen LogP contribution in [-0.2, 0) is 6.61 Å². The molecule has 0 radical (unpaired) electrons. The summed E-state index contributed by atoms with van der Waals surface area (Å²) in [5.41, 5.74) is 2.76. The summed E-state index contributed by atoms with van der Waals surface area (Å²) >= 11 is 7.47. The number of thiazole rings is 1. The van der Waals surface area contributed by atoms with Crippen molar-refractivity contribution in [1.82, 2.24) is 15.0 Å². The number of benzene rings is 2. The quantitative estimate of drug-likeness (QED) is 0.485. The zero-order valence-corrected chi connectivity index (χ0v) is 14.1. The number of halogens is 1. The van der Waals surface area contributed by atoms with E-state index in [-0.39, 0.29) is 5.28 Å². The molecule has 0 unspecified atom stereocenters. The molecule has 24 heavy (non-hydrogen) atoms. The number of nitrogens with zero attached hydrogens (tertiary/aromatic N) is 3. The van der Waals surface area contributed by atoms with Gasteiger partial charge in [-0.05, 0) is 54.1 Å². The van der Waals surface area contributed by atoms with Crippen molar-refractivity contribution in [3.05, 3.63) is 71.1 Å². The molecule has 2 aromatic heterocycles. The van der Waals surface area contributed by atoms with Crippen LogP contribution in [0.15, 0.2) is 60.8 Å². The summed E-state index contributed by atoms with van der Waals surface area (Å²) in [7, 11) is 0. The molecule has 0 amide bonds. The molecule has 4 rings (SSSR count). The molecular weight excluding hydrogens is 342 g/mol. The number of hydrogen-bond donors (Lipinski definition) is 0. The molecule has 0 bridgehead atoms. The van der Waals surface area contributed by atoms with E-state index in [0.717, 1.165) is 27.5 Å². The Labute approximate surface area is 147 Å². The topological polar surface area (TPSA) is 47.9 Å². The van der Waals surface area contributed by atoms with Crippen LogP contribution in [0.2, 0.25) is 5.28 Å². The van der Waals surface area contributed by atoms with Crippen molar-refractivity contribution in [2.24, 2.45) is 0 Å². The van der Waals surface area contributed by atoms with Gasteiger partial charge in [0.1, 0.15) is 17.4 Å². The first-order chi connectivity index (χ1) is 11.8. The molecule has 0 atom stereocenters. The van der Waals surface area contributed by atoms with Gasteiger partial charge in [-0.15, -0.1) is 11.3 Å². The van der Waals surface area contributed by atoms with Gasteiger partial charge in [-0.1, -0.05) is 12.1 Å². The Morgan fingerprint density at radius 3 is 2.58 bits per heavy atom. The second-order valence-electron chi connectivity index (χ2n) is 5.10. The molecule has 0 aliphatic heterocycles. The number of hydrogen-bond acceptors (Lipinski definition) is 5. The molecule has 0 fully saturated rings. The molecule has 0 N–H and O–H groups in total. The van der Waals surface area contributed by atoms with Gasteiger partial charge in [0, 0.05) is 11.8 Å². The predicted molar refractivity (Wildman–Crippen MR) is 96.4 cm³/mol. The minimum absolute atomic E-state index is 0.240. The fraction of sp³-hybridized carbons (Fsp3) is 0.0556. The maximum atomic E-state index is 5.83. The van der Waals surface area contributed by atoms with Gasteiger partial charge >= 0.3 is 0 Å². The summed E-state index contributed by atoms with van der Waals surface area (Å²) < 4.78 is 7.00. The van der Waals surface area contributed by atoms with Crippen LogP contribution in [0.3, 0.4) is 0 Å². The van der Waals surface area contributed by atoms with Gasteiger partial charge in [0.05, 0.1) is 15.9 Å². The fourth-order valence-electron chi connectivity index (χ4n) is 2.34. The molecule has 2 heterocycles. The molecule has 4 aromatic rings. The van der Waals surface area contributed by atoms with Crippen molar-refractivity contribution in [2.75, 3.05) is 0 Å². The van der Waals surface area contributed by atoms with Gasteiger partial charge < -0.3 is 4.74 Å². The van der Waals surface area contributed by atoms with Gasteiger partial charge in [0.15, 0.2) is 0 Å². The average molecular weight is 354 g/mol. The molecule has 0 aliphatic carbocycles. The first-order valence-electron chi connectivity index (χ1n) is 7.34. The molecule has 2 aromatic carbocycles. The highest BCUT2D eigenvalue weighted by Crippen LogP contribution is 2.24. The smallest absolute Gasteiger partial charge is 0.222 e.